The number of ketones is 1. The van der Waals surface area contributed by atoms with Crippen LogP contribution in [0.2, 0.25) is 0 Å². The summed E-state index contributed by atoms with van der Waals surface area (Å²) in [7, 11) is 1.60. The maximum absolute atomic E-state index is 12.2. The fourth-order valence-electron chi connectivity index (χ4n) is 2.33. The average molecular weight is 292 g/mol. The van der Waals surface area contributed by atoms with Gasteiger partial charge in [0, 0.05) is 10.9 Å². The van der Waals surface area contributed by atoms with Gasteiger partial charge in [0.05, 0.1) is 7.11 Å². The zero-order chi connectivity index (χ0) is 15.4. The number of hydrogen-bond acceptors (Lipinski definition) is 3. The third-order valence-corrected chi connectivity index (χ3v) is 3.52. The summed E-state index contributed by atoms with van der Waals surface area (Å²) < 4.78 is 10.8. The quantitative estimate of drug-likeness (QED) is 0.664. The Bertz CT molecular complexity index is 786. The summed E-state index contributed by atoms with van der Waals surface area (Å²) in [6.07, 6.45) is 0. The fraction of sp³-hybridized carbons (Fsp3) is 0.105. The maximum Gasteiger partial charge on any atom is 0.200 e. The van der Waals surface area contributed by atoms with Crippen molar-refractivity contribution in [3.63, 3.8) is 0 Å². The van der Waals surface area contributed by atoms with Crippen LogP contribution in [0.3, 0.4) is 0 Å². The summed E-state index contributed by atoms with van der Waals surface area (Å²) in [6, 6.07) is 20.8. The van der Waals surface area contributed by atoms with Gasteiger partial charge in [-0.05, 0) is 35.7 Å². The molecule has 0 bridgehead atoms. The van der Waals surface area contributed by atoms with Crippen molar-refractivity contribution in [2.24, 2.45) is 0 Å². The molecule has 3 aromatic rings. The minimum absolute atomic E-state index is 0.0142. The third-order valence-electron chi connectivity index (χ3n) is 3.52. The summed E-state index contributed by atoms with van der Waals surface area (Å²) in [5.41, 5.74) is 0.612. The van der Waals surface area contributed by atoms with Crippen molar-refractivity contribution in [1.82, 2.24) is 0 Å². The van der Waals surface area contributed by atoms with Gasteiger partial charge < -0.3 is 9.47 Å². The molecule has 3 nitrogen and oxygen atoms in total. The van der Waals surface area contributed by atoms with E-state index in [1.165, 1.54) is 0 Å². The van der Waals surface area contributed by atoms with Gasteiger partial charge >= 0.3 is 0 Å². The first-order chi connectivity index (χ1) is 10.8. The second-order valence-corrected chi connectivity index (χ2v) is 4.92. The van der Waals surface area contributed by atoms with Gasteiger partial charge in [-0.15, -0.1) is 0 Å². The van der Waals surface area contributed by atoms with Gasteiger partial charge in [-0.3, -0.25) is 4.79 Å². The van der Waals surface area contributed by atoms with Crippen LogP contribution in [0, 0.1) is 0 Å². The minimum atomic E-state index is -0.0596. The van der Waals surface area contributed by atoms with Crippen LogP contribution in [0.1, 0.15) is 10.4 Å². The number of methoxy groups -OCH3 is 1. The monoisotopic (exact) mass is 292 g/mol. The van der Waals surface area contributed by atoms with Crippen LogP contribution in [0.4, 0.5) is 0 Å². The summed E-state index contributed by atoms with van der Waals surface area (Å²) in [6.45, 7) is 0.0142. The normalized spacial score (nSPS) is 10.4. The average Bonchev–Trinajstić information content (AvgIpc) is 2.59. The number of carbonyl (C=O) groups is 1. The number of ether oxygens (including phenoxy) is 2. The second kappa shape index (κ2) is 6.31. The van der Waals surface area contributed by atoms with Crippen molar-refractivity contribution in [2.75, 3.05) is 13.7 Å². The molecular formula is C19H16O3. The first-order valence-corrected chi connectivity index (χ1v) is 7.06. The predicted octanol–water partition coefficient (Wildman–Crippen LogP) is 4.11. The molecule has 0 amide bonds. The lowest BCUT2D eigenvalue weighted by Gasteiger charge is -2.09. The highest BCUT2D eigenvalue weighted by molar-refractivity contribution is 5.97. The minimum Gasteiger partial charge on any atom is -0.497 e. The van der Waals surface area contributed by atoms with Crippen molar-refractivity contribution in [1.29, 1.82) is 0 Å². The molecule has 0 fully saturated rings. The molecule has 0 aliphatic rings. The van der Waals surface area contributed by atoms with Crippen molar-refractivity contribution >= 4 is 16.6 Å². The Kier molecular flexibility index (Phi) is 4.05. The standard InChI is InChI=1S/C19H16O3/c1-21-16-11-9-15(10-12-16)18(20)13-22-19-8-4-6-14-5-2-3-7-17(14)19/h2-12H,13H2,1H3. The molecule has 0 radical (unpaired) electrons. The number of rotatable bonds is 5. The van der Waals surface area contributed by atoms with Gasteiger partial charge in [0.25, 0.3) is 0 Å². The number of benzene rings is 3. The maximum atomic E-state index is 12.2. The molecule has 0 saturated carbocycles. The summed E-state index contributed by atoms with van der Waals surface area (Å²) >= 11 is 0. The summed E-state index contributed by atoms with van der Waals surface area (Å²) in [5, 5.41) is 2.10. The smallest absolute Gasteiger partial charge is 0.200 e. The van der Waals surface area contributed by atoms with Crippen molar-refractivity contribution in [3.8, 4) is 11.5 Å². The van der Waals surface area contributed by atoms with Gasteiger partial charge in [0.1, 0.15) is 11.5 Å². The number of carbonyl (C=O) groups excluding carboxylic acids is 1. The van der Waals surface area contributed by atoms with Crippen molar-refractivity contribution in [2.45, 2.75) is 0 Å². The van der Waals surface area contributed by atoms with Crippen LogP contribution in [-0.2, 0) is 0 Å². The molecule has 22 heavy (non-hydrogen) atoms. The van der Waals surface area contributed by atoms with Crippen LogP contribution in [-0.4, -0.2) is 19.5 Å². The SMILES string of the molecule is COc1ccc(C(=O)COc2cccc3ccccc23)cc1. The lowest BCUT2D eigenvalue weighted by molar-refractivity contribution is 0.0922. The summed E-state index contributed by atoms with van der Waals surface area (Å²) in [4.78, 5) is 12.2. The van der Waals surface area contributed by atoms with Gasteiger partial charge in [-0.25, -0.2) is 0 Å². The Labute approximate surface area is 129 Å². The van der Waals surface area contributed by atoms with Crippen LogP contribution in [0.15, 0.2) is 66.7 Å². The lowest BCUT2D eigenvalue weighted by atomic mass is 10.1. The number of hydrogen-bond donors (Lipinski definition) is 0. The topological polar surface area (TPSA) is 35.5 Å². The summed E-state index contributed by atoms with van der Waals surface area (Å²) in [5.74, 6) is 1.39. The van der Waals surface area contributed by atoms with E-state index in [4.69, 9.17) is 9.47 Å². The molecule has 0 spiro atoms. The largest absolute Gasteiger partial charge is 0.497 e. The number of fused-ring (bicyclic) bond motifs is 1. The zero-order valence-electron chi connectivity index (χ0n) is 12.3. The molecule has 0 aliphatic heterocycles. The molecular weight excluding hydrogens is 276 g/mol. The first-order valence-electron chi connectivity index (χ1n) is 7.06. The molecule has 3 heteroatoms. The molecule has 0 aliphatic carbocycles. The van der Waals surface area contributed by atoms with E-state index in [1.54, 1.807) is 31.4 Å². The second-order valence-electron chi connectivity index (χ2n) is 4.92. The van der Waals surface area contributed by atoms with E-state index in [2.05, 4.69) is 0 Å². The Morgan fingerprint density at radius 2 is 1.64 bits per heavy atom. The molecule has 0 aromatic heterocycles. The molecule has 0 heterocycles. The van der Waals surface area contributed by atoms with Crippen molar-refractivity contribution in [3.05, 3.63) is 72.3 Å². The number of Topliss-reactive ketones (excluding diaryl/α,β-unsaturated/α-hetero) is 1. The van der Waals surface area contributed by atoms with E-state index in [9.17, 15) is 4.79 Å². The molecule has 3 rings (SSSR count). The molecule has 110 valence electrons. The molecule has 0 atom stereocenters. The zero-order valence-corrected chi connectivity index (χ0v) is 12.3. The van der Waals surface area contributed by atoms with E-state index >= 15 is 0 Å². The first kappa shape index (κ1) is 14.1. The Morgan fingerprint density at radius 1 is 0.909 bits per heavy atom. The Hall–Kier alpha value is -2.81. The van der Waals surface area contributed by atoms with E-state index in [0.29, 0.717) is 5.56 Å². The van der Waals surface area contributed by atoms with E-state index in [0.717, 1.165) is 22.3 Å². The van der Waals surface area contributed by atoms with Crippen LogP contribution in [0.5, 0.6) is 11.5 Å². The Balaban J connectivity index is 1.74. The molecule has 0 N–H and O–H groups in total. The van der Waals surface area contributed by atoms with Crippen LogP contribution < -0.4 is 9.47 Å². The van der Waals surface area contributed by atoms with Gasteiger partial charge in [0.2, 0.25) is 0 Å². The van der Waals surface area contributed by atoms with Gasteiger partial charge in [0.15, 0.2) is 12.4 Å². The third kappa shape index (κ3) is 2.93. The highest BCUT2D eigenvalue weighted by Crippen LogP contribution is 2.25. The predicted molar refractivity (Wildman–Crippen MR) is 86.8 cm³/mol. The van der Waals surface area contributed by atoms with Crippen LogP contribution in [0.25, 0.3) is 10.8 Å². The molecule has 0 saturated heterocycles. The van der Waals surface area contributed by atoms with Crippen LogP contribution >= 0.6 is 0 Å². The van der Waals surface area contributed by atoms with Gasteiger partial charge in [-0.2, -0.15) is 0 Å². The fourth-order valence-corrected chi connectivity index (χ4v) is 2.33. The van der Waals surface area contributed by atoms with E-state index < -0.39 is 0 Å². The van der Waals surface area contributed by atoms with Crippen molar-refractivity contribution < 1.29 is 14.3 Å². The lowest BCUT2D eigenvalue weighted by Crippen LogP contribution is -2.11. The van der Waals surface area contributed by atoms with E-state index in [-0.39, 0.29) is 12.4 Å². The molecule has 0 unspecified atom stereocenters. The Morgan fingerprint density at radius 3 is 2.41 bits per heavy atom. The highest BCUT2D eigenvalue weighted by atomic mass is 16.5. The molecule has 3 aromatic carbocycles. The highest BCUT2D eigenvalue weighted by Gasteiger charge is 2.08. The van der Waals surface area contributed by atoms with Gasteiger partial charge in [-0.1, -0.05) is 36.4 Å². The van der Waals surface area contributed by atoms with E-state index in [1.807, 2.05) is 42.5 Å².